The summed E-state index contributed by atoms with van der Waals surface area (Å²) in [7, 11) is 0. The molecule has 5 atom stereocenters. The maximum absolute atomic E-state index is 12.3. The van der Waals surface area contributed by atoms with Crippen LogP contribution in [0, 0.1) is 23.2 Å². The lowest BCUT2D eigenvalue weighted by atomic mass is 9.80. The van der Waals surface area contributed by atoms with Gasteiger partial charge in [-0.2, -0.15) is 0 Å². The largest absolute Gasteiger partial charge is 0.481 e. The first kappa shape index (κ1) is 29.6. The molecule has 0 unspecified atom stereocenters. The van der Waals surface area contributed by atoms with Crippen molar-refractivity contribution >= 4 is 23.7 Å². The Hall–Kier alpha value is -2.40. The maximum Gasteiger partial charge on any atom is 0.309 e. The number of nitrogens with one attached hydrogen (secondary N) is 4. The van der Waals surface area contributed by atoms with Crippen LogP contribution in [0.25, 0.3) is 0 Å². The molecule has 1 saturated carbocycles. The molecule has 34 heavy (non-hydrogen) atoms. The van der Waals surface area contributed by atoms with E-state index in [1.807, 2.05) is 13.8 Å². The number of carbonyl (C=O) groups is 3. The lowest BCUT2D eigenvalue weighted by molar-refractivity contribution is -0.150. The van der Waals surface area contributed by atoms with Gasteiger partial charge < -0.3 is 36.3 Å². The summed E-state index contributed by atoms with van der Waals surface area (Å²) < 4.78 is 11.3. The third-order valence-electron chi connectivity index (χ3n) is 6.37. The number of hydrogen-bond donors (Lipinski definition) is 6. The van der Waals surface area contributed by atoms with Gasteiger partial charge in [-0.25, -0.2) is 0 Å². The minimum absolute atomic E-state index is 0.0536. The molecule has 0 radical (unpaired) electrons. The van der Waals surface area contributed by atoms with Crippen molar-refractivity contribution in [3.63, 3.8) is 0 Å². The van der Waals surface area contributed by atoms with Crippen LogP contribution in [0.5, 0.6) is 0 Å². The lowest BCUT2D eigenvalue weighted by Gasteiger charge is -2.38. The first-order chi connectivity index (χ1) is 16.2. The zero-order valence-corrected chi connectivity index (χ0v) is 20.9. The summed E-state index contributed by atoms with van der Waals surface area (Å²) >= 11 is 0. The van der Waals surface area contributed by atoms with Gasteiger partial charge in [0.25, 0.3) is 0 Å². The van der Waals surface area contributed by atoms with Crippen molar-refractivity contribution in [1.29, 1.82) is 5.41 Å². The van der Waals surface area contributed by atoms with E-state index >= 15 is 0 Å². The van der Waals surface area contributed by atoms with Gasteiger partial charge in [-0.05, 0) is 18.8 Å². The average Bonchev–Trinajstić information content (AvgIpc) is 3.11. The molecule has 1 aliphatic rings. The summed E-state index contributed by atoms with van der Waals surface area (Å²) in [5, 5.41) is 26.1. The number of carboxylic acid groups (broad SMARTS) is 1. The molecular formula is C23H43N5O6. The van der Waals surface area contributed by atoms with Crippen molar-refractivity contribution in [3.05, 3.63) is 0 Å². The molecule has 0 aliphatic heterocycles. The van der Waals surface area contributed by atoms with Gasteiger partial charge in [0.05, 0.1) is 18.6 Å². The minimum Gasteiger partial charge on any atom is -0.481 e. The second-order valence-corrected chi connectivity index (χ2v) is 8.82. The van der Waals surface area contributed by atoms with Crippen LogP contribution in [0.3, 0.4) is 0 Å². The Morgan fingerprint density at radius 1 is 1.18 bits per heavy atom. The predicted octanol–water partition coefficient (Wildman–Crippen LogP) is 0.818. The van der Waals surface area contributed by atoms with Crippen LogP contribution in [0.2, 0.25) is 0 Å². The highest BCUT2D eigenvalue weighted by Crippen LogP contribution is 2.39. The Labute approximate surface area is 202 Å². The van der Waals surface area contributed by atoms with E-state index in [0.717, 1.165) is 25.7 Å². The molecule has 0 spiro atoms. The smallest absolute Gasteiger partial charge is 0.309 e. The molecule has 0 aromatic heterocycles. The van der Waals surface area contributed by atoms with Gasteiger partial charge in [0.1, 0.15) is 6.61 Å². The maximum atomic E-state index is 12.3. The zero-order valence-electron chi connectivity index (χ0n) is 20.9. The van der Waals surface area contributed by atoms with Crippen LogP contribution in [-0.2, 0) is 23.9 Å². The molecule has 1 fully saturated rings. The number of hydrogen-bond acceptors (Lipinski definition) is 6. The van der Waals surface area contributed by atoms with Gasteiger partial charge >= 0.3 is 5.97 Å². The summed E-state index contributed by atoms with van der Waals surface area (Å²) in [6.45, 7) is 8.54. The molecule has 7 N–H and O–H groups in total. The van der Waals surface area contributed by atoms with Gasteiger partial charge in [-0.15, -0.1) is 0 Å². The lowest BCUT2D eigenvalue weighted by Crippen LogP contribution is -2.55. The van der Waals surface area contributed by atoms with Gasteiger partial charge in [-0.1, -0.05) is 40.0 Å². The standard InChI is InChI=1S/C23H43N5O6/c1-5-8-10-33-11-9-26-18(30)13-34-21-16(22(31)32)12-17(28-23(24)25)19(21)20(27-14(4)29)15(6-2)7-3/h15-17,19-21H,5-13H2,1-4H3,(H,26,30)(H,27,29)(H,31,32)(H4,24,25,28)/t16-,17+,19+,20+,21+/m0/s1. The summed E-state index contributed by atoms with van der Waals surface area (Å²) in [5.74, 6) is -3.31. The molecule has 196 valence electrons. The monoisotopic (exact) mass is 485 g/mol. The number of unbranched alkanes of at least 4 members (excludes halogenated alkanes) is 1. The van der Waals surface area contributed by atoms with Gasteiger partial charge in [0, 0.05) is 38.1 Å². The fourth-order valence-corrected chi connectivity index (χ4v) is 4.73. The van der Waals surface area contributed by atoms with E-state index in [4.69, 9.17) is 20.6 Å². The van der Waals surface area contributed by atoms with Gasteiger partial charge in [0.2, 0.25) is 11.8 Å². The first-order valence-corrected chi connectivity index (χ1v) is 12.2. The number of amides is 2. The van der Waals surface area contributed by atoms with E-state index in [1.54, 1.807) is 0 Å². The van der Waals surface area contributed by atoms with E-state index < -0.39 is 36.0 Å². The van der Waals surface area contributed by atoms with Crippen molar-refractivity contribution in [2.45, 2.75) is 78.0 Å². The molecule has 2 amide bonds. The quantitative estimate of drug-likeness (QED) is 0.106. The molecule has 0 heterocycles. The van der Waals surface area contributed by atoms with Crippen LogP contribution in [0.1, 0.15) is 59.8 Å². The highest BCUT2D eigenvalue weighted by atomic mass is 16.5. The van der Waals surface area contributed by atoms with Crippen molar-refractivity contribution in [1.82, 2.24) is 16.0 Å². The molecule has 11 nitrogen and oxygen atoms in total. The number of carbonyl (C=O) groups excluding carboxylic acids is 2. The Balaban J connectivity index is 3.02. The summed E-state index contributed by atoms with van der Waals surface area (Å²) in [6, 6.07) is -0.912. The SMILES string of the molecule is CCCCOCCNC(=O)CO[C@H]1[C@@H]([C@H](NC(C)=O)C(CC)CC)[C@H](NC(=N)N)C[C@@H]1C(=O)O. The van der Waals surface area contributed by atoms with Gasteiger partial charge in [0.15, 0.2) is 5.96 Å². The molecule has 0 aromatic rings. The topological polar surface area (TPSA) is 176 Å². The number of nitrogens with two attached hydrogens (primary N) is 1. The molecule has 1 aliphatic carbocycles. The minimum atomic E-state index is -1.06. The summed E-state index contributed by atoms with van der Waals surface area (Å²) in [4.78, 5) is 36.5. The highest BCUT2D eigenvalue weighted by Gasteiger charge is 2.52. The second-order valence-electron chi connectivity index (χ2n) is 8.82. The highest BCUT2D eigenvalue weighted by molar-refractivity contribution is 5.78. The van der Waals surface area contributed by atoms with Crippen molar-refractivity contribution in [3.8, 4) is 0 Å². The first-order valence-electron chi connectivity index (χ1n) is 12.2. The van der Waals surface area contributed by atoms with Crippen LogP contribution in [0.15, 0.2) is 0 Å². The van der Waals surface area contributed by atoms with Crippen LogP contribution < -0.4 is 21.7 Å². The van der Waals surface area contributed by atoms with Crippen molar-refractivity contribution < 1.29 is 29.0 Å². The van der Waals surface area contributed by atoms with E-state index in [1.165, 1.54) is 6.92 Å². The van der Waals surface area contributed by atoms with E-state index in [2.05, 4.69) is 22.9 Å². The van der Waals surface area contributed by atoms with Crippen LogP contribution in [0.4, 0.5) is 0 Å². The number of guanidine groups is 1. The summed E-state index contributed by atoms with van der Waals surface area (Å²) in [6.07, 6.45) is 2.81. The second kappa shape index (κ2) is 15.5. The van der Waals surface area contributed by atoms with E-state index in [-0.39, 0.29) is 36.7 Å². The van der Waals surface area contributed by atoms with Crippen molar-refractivity contribution in [2.24, 2.45) is 23.5 Å². The third kappa shape index (κ3) is 9.46. The predicted molar refractivity (Wildman–Crippen MR) is 128 cm³/mol. The Morgan fingerprint density at radius 3 is 2.38 bits per heavy atom. The van der Waals surface area contributed by atoms with Gasteiger partial charge in [-0.3, -0.25) is 19.8 Å². The van der Waals surface area contributed by atoms with Crippen LogP contribution in [-0.4, -0.2) is 73.4 Å². The molecule has 0 aromatic carbocycles. The summed E-state index contributed by atoms with van der Waals surface area (Å²) in [5.41, 5.74) is 5.59. The Kier molecular flexibility index (Phi) is 13.5. The third-order valence-corrected chi connectivity index (χ3v) is 6.37. The normalized spacial score (nSPS) is 22.9. The number of rotatable bonds is 16. The Morgan fingerprint density at radius 2 is 1.85 bits per heavy atom. The molecule has 0 bridgehead atoms. The Bertz CT molecular complexity index is 672. The average molecular weight is 486 g/mol. The molecule has 0 saturated heterocycles. The molecular weight excluding hydrogens is 442 g/mol. The number of ether oxygens (including phenoxy) is 2. The molecule has 11 heteroatoms. The van der Waals surface area contributed by atoms with Crippen molar-refractivity contribution in [2.75, 3.05) is 26.4 Å². The number of aliphatic carboxylic acids is 1. The molecule has 1 rings (SSSR count). The zero-order chi connectivity index (χ0) is 25.7. The fraction of sp³-hybridized carbons (Fsp3) is 0.826. The van der Waals surface area contributed by atoms with E-state index in [9.17, 15) is 19.5 Å². The van der Waals surface area contributed by atoms with Crippen LogP contribution >= 0.6 is 0 Å². The fourth-order valence-electron chi connectivity index (χ4n) is 4.73. The number of carboxylic acids is 1. The van der Waals surface area contributed by atoms with E-state index in [0.29, 0.717) is 19.8 Å².